The Hall–Kier alpha value is -1.66. The van der Waals surface area contributed by atoms with Gasteiger partial charge in [0.2, 0.25) is 0 Å². The monoisotopic (exact) mass is 278 g/mol. The lowest BCUT2D eigenvalue weighted by Crippen LogP contribution is -2.37. The molecule has 100 valence electrons. The van der Waals surface area contributed by atoms with E-state index in [2.05, 4.69) is 5.32 Å². The highest BCUT2D eigenvalue weighted by atomic mass is 32.1. The highest BCUT2D eigenvalue weighted by Gasteiger charge is 2.33. The van der Waals surface area contributed by atoms with Crippen LogP contribution in [0.5, 0.6) is 0 Å². The van der Waals surface area contributed by atoms with E-state index in [1.807, 2.05) is 0 Å². The minimum atomic E-state index is -0.128. The molecule has 0 unspecified atom stereocenters. The van der Waals surface area contributed by atoms with Crippen LogP contribution in [0.25, 0.3) is 6.08 Å². The normalized spacial score (nSPS) is 25.4. The summed E-state index contributed by atoms with van der Waals surface area (Å²) >= 11 is 5.19. The van der Waals surface area contributed by atoms with Crippen LogP contribution in [-0.2, 0) is 9.53 Å². The van der Waals surface area contributed by atoms with Gasteiger partial charge in [-0.2, -0.15) is 0 Å². The molecule has 2 saturated heterocycles. The number of ether oxygens (including phenoxy) is 1. The summed E-state index contributed by atoms with van der Waals surface area (Å²) in [5.74, 6) is 0.495. The standard InChI is InChI=1S/C13H14N2O3S/c16-12-11(7-9-3-1-5-17-9)14-13(19)15(12)8-10-4-2-6-18-10/h1,3,5,7,10H,2,4,6,8H2,(H,14,19)/b11-7-/t10-/m1/s1. The largest absolute Gasteiger partial charge is 0.465 e. The van der Waals surface area contributed by atoms with Crippen molar-refractivity contribution < 1.29 is 13.9 Å². The van der Waals surface area contributed by atoms with E-state index in [0.717, 1.165) is 19.4 Å². The number of hydrogen-bond acceptors (Lipinski definition) is 4. The van der Waals surface area contributed by atoms with Crippen LogP contribution in [0.2, 0.25) is 0 Å². The fraction of sp³-hybridized carbons (Fsp3) is 0.385. The van der Waals surface area contributed by atoms with Gasteiger partial charge in [0, 0.05) is 12.7 Å². The van der Waals surface area contributed by atoms with Crippen LogP contribution >= 0.6 is 12.2 Å². The zero-order valence-corrected chi connectivity index (χ0v) is 11.1. The summed E-state index contributed by atoms with van der Waals surface area (Å²) in [7, 11) is 0. The second kappa shape index (κ2) is 5.14. The summed E-state index contributed by atoms with van der Waals surface area (Å²) in [6, 6.07) is 3.56. The Kier molecular flexibility index (Phi) is 3.35. The van der Waals surface area contributed by atoms with Crippen molar-refractivity contribution in [3.05, 3.63) is 29.9 Å². The molecular weight excluding hydrogens is 264 g/mol. The molecule has 3 heterocycles. The Morgan fingerprint density at radius 3 is 3.16 bits per heavy atom. The summed E-state index contributed by atoms with van der Waals surface area (Å²) in [4.78, 5) is 13.8. The molecule has 0 radical (unpaired) electrons. The molecule has 1 N–H and O–H groups in total. The van der Waals surface area contributed by atoms with Gasteiger partial charge < -0.3 is 14.5 Å². The first-order valence-corrected chi connectivity index (χ1v) is 6.64. The molecule has 0 bridgehead atoms. The van der Waals surface area contributed by atoms with Gasteiger partial charge in [-0.15, -0.1) is 0 Å². The van der Waals surface area contributed by atoms with Crippen molar-refractivity contribution in [2.24, 2.45) is 0 Å². The fourth-order valence-electron chi connectivity index (χ4n) is 2.25. The SMILES string of the molecule is O=C1/C(=C/c2ccco2)NC(=S)N1C[C@H]1CCCO1. The number of nitrogens with zero attached hydrogens (tertiary/aromatic N) is 1. The highest BCUT2D eigenvalue weighted by molar-refractivity contribution is 7.80. The van der Waals surface area contributed by atoms with E-state index in [0.29, 0.717) is 23.1 Å². The number of rotatable bonds is 3. The van der Waals surface area contributed by atoms with E-state index in [1.54, 1.807) is 29.4 Å². The Labute approximate surface area is 116 Å². The third-order valence-corrected chi connectivity index (χ3v) is 3.52. The van der Waals surface area contributed by atoms with Crippen molar-refractivity contribution >= 4 is 29.3 Å². The summed E-state index contributed by atoms with van der Waals surface area (Å²) in [5, 5.41) is 3.35. The number of furan rings is 1. The molecule has 0 aromatic carbocycles. The molecule has 0 spiro atoms. The fourth-order valence-corrected chi connectivity index (χ4v) is 2.51. The Balaban J connectivity index is 1.73. The maximum Gasteiger partial charge on any atom is 0.276 e. The molecule has 0 aliphatic carbocycles. The van der Waals surface area contributed by atoms with Gasteiger partial charge in [0.15, 0.2) is 5.11 Å². The molecule has 19 heavy (non-hydrogen) atoms. The van der Waals surface area contributed by atoms with Crippen LogP contribution in [0.3, 0.4) is 0 Å². The second-order valence-corrected chi connectivity index (χ2v) is 4.94. The predicted octanol–water partition coefficient (Wildman–Crippen LogP) is 1.52. The molecule has 5 nitrogen and oxygen atoms in total. The third-order valence-electron chi connectivity index (χ3n) is 3.20. The maximum atomic E-state index is 12.2. The average Bonchev–Trinajstić information content (AvgIpc) is 3.10. The summed E-state index contributed by atoms with van der Waals surface area (Å²) < 4.78 is 10.7. The molecule has 1 amide bonds. The minimum Gasteiger partial charge on any atom is -0.465 e. The Morgan fingerprint density at radius 2 is 2.47 bits per heavy atom. The Bertz CT molecular complexity index is 518. The van der Waals surface area contributed by atoms with E-state index in [4.69, 9.17) is 21.4 Å². The number of thiocarbonyl (C=S) groups is 1. The first-order chi connectivity index (χ1) is 9.24. The number of amides is 1. The number of nitrogens with one attached hydrogen (secondary N) is 1. The van der Waals surface area contributed by atoms with E-state index in [1.165, 1.54) is 0 Å². The smallest absolute Gasteiger partial charge is 0.276 e. The first kappa shape index (κ1) is 12.4. The summed E-state index contributed by atoms with van der Waals surface area (Å²) in [5.41, 5.74) is 0.443. The maximum absolute atomic E-state index is 12.2. The van der Waals surface area contributed by atoms with Gasteiger partial charge >= 0.3 is 0 Å². The van der Waals surface area contributed by atoms with E-state index >= 15 is 0 Å². The summed E-state index contributed by atoms with van der Waals surface area (Å²) in [6.07, 6.45) is 5.33. The van der Waals surface area contributed by atoms with Crippen LogP contribution in [0, 0.1) is 0 Å². The molecule has 6 heteroatoms. The molecule has 1 aromatic heterocycles. The van der Waals surface area contributed by atoms with Crippen LogP contribution < -0.4 is 5.32 Å². The van der Waals surface area contributed by atoms with Crippen LogP contribution in [0.15, 0.2) is 28.5 Å². The van der Waals surface area contributed by atoms with Crippen molar-refractivity contribution in [1.82, 2.24) is 10.2 Å². The number of hydrogen-bond donors (Lipinski definition) is 1. The average molecular weight is 278 g/mol. The van der Waals surface area contributed by atoms with Gasteiger partial charge in [-0.1, -0.05) is 0 Å². The van der Waals surface area contributed by atoms with E-state index in [-0.39, 0.29) is 12.0 Å². The predicted molar refractivity (Wildman–Crippen MR) is 73.1 cm³/mol. The van der Waals surface area contributed by atoms with Gasteiger partial charge in [-0.05, 0) is 37.2 Å². The first-order valence-electron chi connectivity index (χ1n) is 6.24. The molecule has 2 aliphatic heterocycles. The quantitative estimate of drug-likeness (QED) is 0.671. The third kappa shape index (κ3) is 2.54. The Morgan fingerprint density at radius 1 is 1.58 bits per heavy atom. The molecular formula is C13H14N2O3S. The van der Waals surface area contributed by atoms with Crippen LogP contribution in [0.1, 0.15) is 18.6 Å². The van der Waals surface area contributed by atoms with Crippen molar-refractivity contribution in [1.29, 1.82) is 0 Å². The molecule has 2 aliphatic rings. The van der Waals surface area contributed by atoms with Crippen molar-refractivity contribution in [3.63, 3.8) is 0 Å². The molecule has 2 fully saturated rings. The van der Waals surface area contributed by atoms with Crippen LogP contribution in [0.4, 0.5) is 0 Å². The van der Waals surface area contributed by atoms with E-state index in [9.17, 15) is 4.79 Å². The lowest BCUT2D eigenvalue weighted by Gasteiger charge is -2.18. The minimum absolute atomic E-state index is 0.0895. The van der Waals surface area contributed by atoms with Gasteiger partial charge in [-0.25, -0.2) is 0 Å². The van der Waals surface area contributed by atoms with Crippen molar-refractivity contribution in [2.75, 3.05) is 13.2 Å². The summed E-state index contributed by atoms with van der Waals surface area (Å²) in [6.45, 7) is 1.28. The van der Waals surface area contributed by atoms with Gasteiger partial charge in [-0.3, -0.25) is 9.69 Å². The van der Waals surface area contributed by atoms with Crippen molar-refractivity contribution in [2.45, 2.75) is 18.9 Å². The topological polar surface area (TPSA) is 54.7 Å². The zero-order chi connectivity index (χ0) is 13.2. The van der Waals surface area contributed by atoms with Gasteiger partial charge in [0.25, 0.3) is 5.91 Å². The lowest BCUT2D eigenvalue weighted by atomic mass is 10.2. The lowest BCUT2D eigenvalue weighted by molar-refractivity contribution is -0.123. The molecule has 1 atom stereocenters. The van der Waals surface area contributed by atoms with Crippen molar-refractivity contribution in [3.8, 4) is 0 Å². The van der Waals surface area contributed by atoms with Crippen LogP contribution in [-0.4, -0.2) is 35.2 Å². The zero-order valence-electron chi connectivity index (χ0n) is 10.3. The molecule has 0 saturated carbocycles. The number of carbonyl (C=O) groups excluding carboxylic acids is 1. The van der Waals surface area contributed by atoms with Gasteiger partial charge in [0.05, 0.1) is 18.9 Å². The second-order valence-electron chi connectivity index (χ2n) is 4.55. The van der Waals surface area contributed by atoms with Gasteiger partial charge in [0.1, 0.15) is 11.5 Å². The molecule has 3 rings (SSSR count). The highest BCUT2D eigenvalue weighted by Crippen LogP contribution is 2.19. The molecule has 1 aromatic rings. The van der Waals surface area contributed by atoms with E-state index < -0.39 is 0 Å². The number of carbonyl (C=O) groups is 1.